The fourth-order valence-corrected chi connectivity index (χ4v) is 2.25. The molecule has 0 radical (unpaired) electrons. The second kappa shape index (κ2) is 6.42. The maximum Gasteiger partial charge on any atom is 0.433 e. The summed E-state index contributed by atoms with van der Waals surface area (Å²) in [5.74, 6) is -0.394. The second-order valence-electron chi connectivity index (χ2n) is 5.10. The highest BCUT2D eigenvalue weighted by atomic mass is 19.4. The van der Waals surface area contributed by atoms with Gasteiger partial charge in [-0.2, -0.15) is 18.3 Å². The first-order chi connectivity index (χ1) is 11.9. The zero-order valence-corrected chi connectivity index (χ0v) is 13.0. The predicted octanol–water partition coefficient (Wildman–Crippen LogP) is 3.63. The van der Waals surface area contributed by atoms with Crippen molar-refractivity contribution >= 4 is 22.5 Å². The number of aromatic nitrogens is 3. The zero-order chi connectivity index (χ0) is 18.0. The molecule has 0 saturated carbocycles. The van der Waals surface area contributed by atoms with E-state index in [0.717, 1.165) is 17.5 Å². The van der Waals surface area contributed by atoms with Gasteiger partial charge >= 0.3 is 6.18 Å². The van der Waals surface area contributed by atoms with Crippen LogP contribution < -0.4 is 10.1 Å². The van der Waals surface area contributed by atoms with Gasteiger partial charge in [0, 0.05) is 11.5 Å². The number of rotatable bonds is 4. The number of nitrogens with one attached hydrogen (secondary N) is 2. The summed E-state index contributed by atoms with van der Waals surface area (Å²) < 4.78 is 43.7. The minimum absolute atomic E-state index is 0.319. The Labute approximate surface area is 140 Å². The molecule has 0 atom stereocenters. The summed E-state index contributed by atoms with van der Waals surface area (Å²) in [4.78, 5) is 15.7. The number of fused-ring (bicyclic) bond motifs is 1. The predicted molar refractivity (Wildman–Crippen MR) is 84.5 cm³/mol. The molecule has 0 aliphatic carbocycles. The van der Waals surface area contributed by atoms with Gasteiger partial charge in [-0.1, -0.05) is 6.07 Å². The fraction of sp³-hybridized carbons (Fsp3) is 0.188. The molecule has 0 bridgehead atoms. The minimum atomic E-state index is -4.62. The average Bonchev–Trinajstić information content (AvgIpc) is 3.02. The molecule has 0 aliphatic heterocycles. The smallest absolute Gasteiger partial charge is 0.433 e. The van der Waals surface area contributed by atoms with Gasteiger partial charge in [-0.3, -0.25) is 9.89 Å². The third-order valence-corrected chi connectivity index (χ3v) is 3.36. The quantitative estimate of drug-likeness (QED) is 0.753. The molecule has 0 unspecified atom stereocenters. The Bertz CT molecular complexity index is 921. The van der Waals surface area contributed by atoms with E-state index in [1.807, 2.05) is 0 Å². The lowest BCUT2D eigenvalue weighted by Crippen LogP contribution is -2.17. The Morgan fingerprint density at radius 1 is 1.32 bits per heavy atom. The van der Waals surface area contributed by atoms with Crippen molar-refractivity contribution in [3.8, 4) is 5.75 Å². The molecule has 3 aromatic rings. The van der Waals surface area contributed by atoms with E-state index in [2.05, 4.69) is 20.5 Å². The van der Waals surface area contributed by atoms with Crippen LogP contribution in [-0.2, 0) is 6.18 Å². The summed E-state index contributed by atoms with van der Waals surface area (Å²) in [5, 5.41) is 9.92. The van der Waals surface area contributed by atoms with Crippen LogP contribution in [0.5, 0.6) is 5.75 Å². The van der Waals surface area contributed by atoms with E-state index < -0.39 is 17.8 Å². The number of nitrogens with zero attached hydrogens (tertiary/aromatic N) is 2. The van der Waals surface area contributed by atoms with E-state index in [0.29, 0.717) is 23.6 Å². The number of pyridine rings is 1. The van der Waals surface area contributed by atoms with Gasteiger partial charge < -0.3 is 10.1 Å². The summed E-state index contributed by atoms with van der Waals surface area (Å²) in [6, 6.07) is 6.42. The number of aromatic amines is 1. The van der Waals surface area contributed by atoms with E-state index in [1.165, 1.54) is 6.07 Å². The van der Waals surface area contributed by atoms with Crippen molar-refractivity contribution in [2.75, 3.05) is 11.9 Å². The first-order valence-corrected chi connectivity index (χ1v) is 7.34. The standard InChI is InChI=1S/C16H13F3N4O2/c1-2-25-13-7-11-9(8-20-23-11)6-12(13)22-15(24)10-4-3-5-14(21-10)16(17,18)19/h3-8H,2H2,1H3,(H,20,23)(H,22,24). The first kappa shape index (κ1) is 16.7. The first-order valence-electron chi connectivity index (χ1n) is 7.34. The SMILES string of the molecule is CCOc1cc2[nH]ncc2cc1NC(=O)c1cccc(C(F)(F)F)n1. The Kier molecular flexibility index (Phi) is 4.30. The average molecular weight is 350 g/mol. The van der Waals surface area contributed by atoms with Crippen molar-refractivity contribution in [1.82, 2.24) is 15.2 Å². The van der Waals surface area contributed by atoms with Crippen LogP contribution >= 0.6 is 0 Å². The number of alkyl halides is 3. The molecular weight excluding hydrogens is 337 g/mol. The van der Waals surface area contributed by atoms with E-state index in [1.54, 1.807) is 25.3 Å². The van der Waals surface area contributed by atoms with E-state index >= 15 is 0 Å². The van der Waals surface area contributed by atoms with E-state index in [-0.39, 0.29) is 5.69 Å². The normalized spacial score (nSPS) is 11.5. The molecule has 1 amide bonds. The maximum atomic E-state index is 12.7. The summed E-state index contributed by atoms with van der Waals surface area (Å²) in [6.07, 6.45) is -3.06. The molecule has 0 spiro atoms. The van der Waals surface area contributed by atoms with Crippen LogP contribution in [0.3, 0.4) is 0 Å². The number of benzene rings is 1. The molecule has 6 nitrogen and oxygen atoms in total. The van der Waals surface area contributed by atoms with E-state index in [9.17, 15) is 18.0 Å². The van der Waals surface area contributed by atoms with Crippen molar-refractivity contribution in [3.63, 3.8) is 0 Å². The van der Waals surface area contributed by atoms with Crippen LogP contribution in [0.1, 0.15) is 23.1 Å². The van der Waals surface area contributed by atoms with Gasteiger partial charge in [0.15, 0.2) is 0 Å². The number of hydrogen-bond donors (Lipinski definition) is 2. The van der Waals surface area contributed by atoms with Crippen molar-refractivity contribution in [2.24, 2.45) is 0 Å². The third-order valence-electron chi connectivity index (χ3n) is 3.36. The van der Waals surface area contributed by atoms with Crippen molar-refractivity contribution in [2.45, 2.75) is 13.1 Å². The number of ether oxygens (including phenoxy) is 1. The highest BCUT2D eigenvalue weighted by Crippen LogP contribution is 2.31. The Hall–Kier alpha value is -3.10. The summed E-state index contributed by atoms with van der Waals surface area (Å²) in [5.41, 5.74) is -0.446. The topological polar surface area (TPSA) is 79.9 Å². The molecule has 0 fully saturated rings. The second-order valence-corrected chi connectivity index (χ2v) is 5.10. The largest absolute Gasteiger partial charge is 0.492 e. The number of halogens is 3. The third kappa shape index (κ3) is 3.54. The fourth-order valence-electron chi connectivity index (χ4n) is 2.25. The van der Waals surface area contributed by atoms with Gasteiger partial charge in [0.05, 0.1) is 24.0 Å². The van der Waals surface area contributed by atoms with Crippen LogP contribution in [0.4, 0.5) is 18.9 Å². The Morgan fingerprint density at radius 2 is 2.12 bits per heavy atom. The van der Waals surface area contributed by atoms with Crippen LogP contribution in [-0.4, -0.2) is 27.7 Å². The Balaban J connectivity index is 1.92. The molecule has 2 N–H and O–H groups in total. The highest BCUT2D eigenvalue weighted by Gasteiger charge is 2.33. The van der Waals surface area contributed by atoms with Crippen LogP contribution in [0.15, 0.2) is 36.5 Å². The highest BCUT2D eigenvalue weighted by molar-refractivity contribution is 6.05. The lowest BCUT2D eigenvalue weighted by atomic mass is 10.2. The summed E-state index contributed by atoms with van der Waals surface area (Å²) in [7, 11) is 0. The van der Waals surface area contributed by atoms with Gasteiger partial charge in [-0.15, -0.1) is 0 Å². The molecule has 25 heavy (non-hydrogen) atoms. The number of amides is 1. The Morgan fingerprint density at radius 3 is 2.84 bits per heavy atom. The van der Waals surface area contributed by atoms with Crippen LogP contribution in [0.2, 0.25) is 0 Å². The molecule has 0 aliphatic rings. The number of hydrogen-bond acceptors (Lipinski definition) is 4. The van der Waals surface area contributed by atoms with Crippen LogP contribution in [0, 0.1) is 0 Å². The van der Waals surface area contributed by atoms with Crippen molar-refractivity contribution in [1.29, 1.82) is 0 Å². The van der Waals surface area contributed by atoms with Crippen molar-refractivity contribution in [3.05, 3.63) is 47.9 Å². The number of H-pyrrole nitrogens is 1. The molecule has 2 heterocycles. The minimum Gasteiger partial charge on any atom is -0.492 e. The number of carbonyl (C=O) groups excluding carboxylic acids is 1. The number of anilines is 1. The lowest BCUT2D eigenvalue weighted by molar-refractivity contribution is -0.141. The van der Waals surface area contributed by atoms with Gasteiger partial charge in [0.25, 0.3) is 5.91 Å². The maximum absolute atomic E-state index is 12.7. The molecule has 9 heteroatoms. The van der Waals surface area contributed by atoms with E-state index in [4.69, 9.17) is 4.74 Å². The monoisotopic (exact) mass is 350 g/mol. The molecule has 0 saturated heterocycles. The van der Waals surface area contributed by atoms with Crippen LogP contribution in [0.25, 0.3) is 10.9 Å². The zero-order valence-electron chi connectivity index (χ0n) is 13.0. The molecule has 3 rings (SSSR count). The van der Waals surface area contributed by atoms with Gasteiger partial charge in [-0.25, -0.2) is 4.98 Å². The van der Waals surface area contributed by atoms with Gasteiger partial charge in [0.2, 0.25) is 0 Å². The summed E-state index contributed by atoms with van der Waals surface area (Å²) in [6.45, 7) is 2.13. The van der Waals surface area contributed by atoms with Crippen molar-refractivity contribution < 1.29 is 22.7 Å². The molecule has 1 aromatic carbocycles. The number of carbonyl (C=O) groups is 1. The molecule has 2 aromatic heterocycles. The van der Waals surface area contributed by atoms with Gasteiger partial charge in [0.1, 0.15) is 17.1 Å². The molecule has 130 valence electrons. The lowest BCUT2D eigenvalue weighted by Gasteiger charge is -2.12. The summed E-state index contributed by atoms with van der Waals surface area (Å²) >= 11 is 0. The van der Waals surface area contributed by atoms with Gasteiger partial charge in [-0.05, 0) is 25.1 Å². The molecular formula is C16H13F3N4O2.